The van der Waals surface area contributed by atoms with E-state index in [1.807, 2.05) is 67.6 Å². The van der Waals surface area contributed by atoms with Crippen LogP contribution in [0.2, 0.25) is 0 Å². The number of ether oxygens (including phenoxy) is 1. The van der Waals surface area contributed by atoms with E-state index in [1.54, 1.807) is 31.3 Å². The molecule has 40 heavy (non-hydrogen) atoms. The highest BCUT2D eigenvalue weighted by atomic mass is 16.6. The summed E-state index contributed by atoms with van der Waals surface area (Å²) >= 11 is 0. The Balaban J connectivity index is 1.70. The van der Waals surface area contributed by atoms with Crippen LogP contribution in [0.15, 0.2) is 114 Å². The summed E-state index contributed by atoms with van der Waals surface area (Å²) in [4.78, 5) is 27.8. The number of nitrogens with zero attached hydrogens (tertiary/aromatic N) is 3. The molecule has 1 aromatic heterocycles. The Hall–Kier alpha value is -5.30. The van der Waals surface area contributed by atoms with Crippen molar-refractivity contribution in [1.82, 2.24) is 4.57 Å². The summed E-state index contributed by atoms with van der Waals surface area (Å²) in [6.07, 6.45) is 1.80. The summed E-state index contributed by atoms with van der Waals surface area (Å²) in [6.45, 7) is 3.90. The second-order valence-corrected chi connectivity index (χ2v) is 9.15. The molecule has 7 heteroatoms. The van der Waals surface area contributed by atoms with E-state index >= 15 is 0 Å². The summed E-state index contributed by atoms with van der Waals surface area (Å²) < 4.78 is 7.32. The molecule has 0 amide bonds. The fraction of sp³-hybridized carbons (Fsp3) is 0.0909. The monoisotopic (exact) mass is 529 g/mol. The van der Waals surface area contributed by atoms with E-state index in [1.165, 1.54) is 12.1 Å². The fourth-order valence-electron chi connectivity index (χ4n) is 4.61. The minimum absolute atomic E-state index is 0.0326. The number of benzene rings is 4. The first-order chi connectivity index (χ1) is 19.5. The molecule has 1 heterocycles. The molecule has 0 radical (unpaired) electrons. The molecular weight excluding hydrogens is 502 g/mol. The van der Waals surface area contributed by atoms with Gasteiger partial charge >= 0.3 is 5.97 Å². The Kier molecular flexibility index (Phi) is 7.64. The summed E-state index contributed by atoms with van der Waals surface area (Å²) in [7, 11) is 0. The van der Waals surface area contributed by atoms with Crippen molar-refractivity contribution in [1.29, 1.82) is 0 Å². The Morgan fingerprint density at radius 2 is 1.55 bits per heavy atom. The second kappa shape index (κ2) is 11.6. The van der Waals surface area contributed by atoms with Gasteiger partial charge in [0, 0.05) is 29.6 Å². The van der Waals surface area contributed by atoms with E-state index in [9.17, 15) is 14.9 Å². The molecule has 0 aliphatic rings. The van der Waals surface area contributed by atoms with E-state index in [4.69, 9.17) is 9.73 Å². The van der Waals surface area contributed by atoms with E-state index in [0.717, 1.165) is 33.8 Å². The largest absolute Gasteiger partial charge is 0.462 e. The van der Waals surface area contributed by atoms with Crippen LogP contribution in [-0.2, 0) is 4.74 Å². The van der Waals surface area contributed by atoms with Crippen molar-refractivity contribution in [3.8, 4) is 28.2 Å². The maximum absolute atomic E-state index is 12.3. The smallest absolute Gasteiger partial charge is 0.338 e. The number of carbonyl (C=O) groups excluding carboxylic acids is 1. The Labute approximate surface area is 232 Å². The van der Waals surface area contributed by atoms with Crippen LogP contribution in [0.3, 0.4) is 0 Å². The Morgan fingerprint density at radius 3 is 2.15 bits per heavy atom. The summed E-state index contributed by atoms with van der Waals surface area (Å²) in [5.41, 5.74) is 7.50. The van der Waals surface area contributed by atoms with Crippen molar-refractivity contribution < 1.29 is 14.5 Å². The van der Waals surface area contributed by atoms with E-state index in [-0.39, 0.29) is 11.7 Å². The summed E-state index contributed by atoms with van der Waals surface area (Å²) in [6, 6.07) is 34.2. The average Bonchev–Trinajstić information content (AvgIpc) is 3.37. The zero-order valence-corrected chi connectivity index (χ0v) is 22.2. The summed E-state index contributed by atoms with van der Waals surface area (Å²) in [5, 5.41) is 11.2. The number of rotatable bonds is 8. The number of esters is 1. The molecule has 0 aliphatic heterocycles. The number of aryl methyl sites for hydroxylation is 1. The first-order valence-corrected chi connectivity index (χ1v) is 12.9. The van der Waals surface area contributed by atoms with Crippen LogP contribution >= 0.6 is 0 Å². The highest BCUT2D eigenvalue weighted by Gasteiger charge is 2.19. The van der Waals surface area contributed by atoms with Gasteiger partial charge < -0.3 is 9.30 Å². The van der Waals surface area contributed by atoms with E-state index < -0.39 is 4.92 Å². The lowest BCUT2D eigenvalue weighted by Gasteiger charge is -2.15. The number of nitro groups is 1. The maximum atomic E-state index is 12.3. The van der Waals surface area contributed by atoms with Crippen molar-refractivity contribution in [3.05, 3.63) is 136 Å². The van der Waals surface area contributed by atoms with Crippen LogP contribution in [0, 0.1) is 17.0 Å². The number of hydrogen-bond acceptors (Lipinski definition) is 5. The molecule has 7 nitrogen and oxygen atoms in total. The lowest BCUT2D eigenvalue weighted by atomic mass is 10.1. The molecule has 5 rings (SSSR count). The molecule has 0 atom stereocenters. The molecule has 0 aliphatic carbocycles. The van der Waals surface area contributed by atoms with Crippen molar-refractivity contribution >= 4 is 23.6 Å². The van der Waals surface area contributed by atoms with Gasteiger partial charge in [-0.3, -0.25) is 15.1 Å². The average molecular weight is 530 g/mol. The first-order valence-electron chi connectivity index (χ1n) is 12.9. The highest BCUT2D eigenvalue weighted by molar-refractivity contribution is 5.95. The van der Waals surface area contributed by atoms with Gasteiger partial charge in [0.25, 0.3) is 5.69 Å². The predicted molar refractivity (Wildman–Crippen MR) is 158 cm³/mol. The zero-order valence-electron chi connectivity index (χ0n) is 22.2. The number of hydrogen-bond donors (Lipinski definition) is 0. The van der Waals surface area contributed by atoms with Crippen molar-refractivity contribution in [3.63, 3.8) is 0 Å². The third kappa shape index (κ3) is 5.44. The Bertz CT molecular complexity index is 1690. The van der Waals surface area contributed by atoms with Crippen LogP contribution in [0.4, 0.5) is 11.4 Å². The maximum Gasteiger partial charge on any atom is 0.338 e. The van der Waals surface area contributed by atoms with Crippen molar-refractivity contribution in [2.45, 2.75) is 13.8 Å². The van der Waals surface area contributed by atoms with Gasteiger partial charge in [-0.25, -0.2) is 4.79 Å². The van der Waals surface area contributed by atoms with Gasteiger partial charge in [-0.15, -0.1) is 0 Å². The van der Waals surface area contributed by atoms with Crippen LogP contribution in [-0.4, -0.2) is 28.3 Å². The summed E-state index contributed by atoms with van der Waals surface area (Å²) in [5.74, 6) is -0.362. The van der Waals surface area contributed by atoms with Crippen molar-refractivity contribution in [2.24, 2.45) is 4.99 Å². The van der Waals surface area contributed by atoms with E-state index in [2.05, 4.69) is 22.8 Å². The number of non-ortho nitro benzene ring substituents is 1. The molecule has 198 valence electrons. The fourth-order valence-corrected chi connectivity index (χ4v) is 4.61. The van der Waals surface area contributed by atoms with Crippen LogP contribution in [0.5, 0.6) is 0 Å². The standard InChI is InChI=1S/C33H27N3O4/c1-3-40-33(37)26-14-16-28(17-15-26)35-31(24-10-6-4-7-11-24)21-27(32(35)25-12-8-5-9-13-25)22-34-30-19-18-29(36(38)39)20-23(30)2/h4-22H,3H2,1-2H3. The number of aliphatic imine (C=N–C) groups is 1. The minimum atomic E-state index is -0.409. The number of aromatic nitrogens is 1. The Morgan fingerprint density at radius 1 is 0.900 bits per heavy atom. The van der Waals surface area contributed by atoms with Crippen LogP contribution < -0.4 is 0 Å². The van der Waals surface area contributed by atoms with Crippen LogP contribution in [0.1, 0.15) is 28.4 Å². The molecule has 5 aromatic rings. The highest BCUT2D eigenvalue weighted by Crippen LogP contribution is 2.36. The second-order valence-electron chi connectivity index (χ2n) is 9.15. The third-order valence-corrected chi connectivity index (χ3v) is 6.52. The lowest BCUT2D eigenvalue weighted by Crippen LogP contribution is -2.05. The van der Waals surface area contributed by atoms with Crippen molar-refractivity contribution in [2.75, 3.05) is 6.61 Å². The van der Waals surface area contributed by atoms with Crippen LogP contribution in [0.25, 0.3) is 28.2 Å². The van der Waals surface area contributed by atoms with Gasteiger partial charge in [-0.2, -0.15) is 0 Å². The molecule has 0 saturated carbocycles. The molecule has 4 aromatic carbocycles. The van der Waals surface area contributed by atoms with E-state index in [0.29, 0.717) is 23.4 Å². The zero-order chi connectivity index (χ0) is 28.1. The molecule has 0 bridgehead atoms. The van der Waals surface area contributed by atoms with Gasteiger partial charge in [0.2, 0.25) is 0 Å². The molecule has 0 N–H and O–H groups in total. The minimum Gasteiger partial charge on any atom is -0.462 e. The molecule has 0 unspecified atom stereocenters. The molecular formula is C33H27N3O4. The predicted octanol–water partition coefficient (Wildman–Crippen LogP) is 7.96. The molecule has 0 spiro atoms. The molecule has 0 saturated heterocycles. The van der Waals surface area contributed by atoms with Gasteiger partial charge in [0.05, 0.1) is 34.2 Å². The lowest BCUT2D eigenvalue weighted by molar-refractivity contribution is -0.384. The van der Waals surface area contributed by atoms with Gasteiger partial charge in [0.15, 0.2) is 0 Å². The van der Waals surface area contributed by atoms with Gasteiger partial charge in [-0.05, 0) is 66.9 Å². The molecule has 0 fully saturated rings. The number of nitro benzene ring substituents is 1. The first kappa shape index (κ1) is 26.3. The third-order valence-electron chi connectivity index (χ3n) is 6.52. The normalized spacial score (nSPS) is 11.1. The number of carbonyl (C=O) groups is 1. The quantitative estimate of drug-likeness (QED) is 0.0883. The van der Waals surface area contributed by atoms with Gasteiger partial charge in [0.1, 0.15) is 0 Å². The topological polar surface area (TPSA) is 86.7 Å². The van der Waals surface area contributed by atoms with Gasteiger partial charge in [-0.1, -0.05) is 60.7 Å². The SMILES string of the molecule is CCOC(=O)c1ccc(-n2c(-c3ccccc3)cc(C=Nc3ccc([N+](=O)[O-])cc3C)c2-c2ccccc2)cc1.